The predicted octanol–water partition coefficient (Wildman–Crippen LogP) is -0.636. The molecule has 0 saturated carbocycles. The van der Waals surface area contributed by atoms with Crippen molar-refractivity contribution < 1.29 is 28.6 Å². The van der Waals surface area contributed by atoms with E-state index >= 15 is 0 Å². The van der Waals surface area contributed by atoms with Gasteiger partial charge in [-0.3, -0.25) is 4.79 Å². The first-order chi connectivity index (χ1) is 15.2. The molecule has 176 valence electrons. The van der Waals surface area contributed by atoms with E-state index in [0.717, 1.165) is 25.9 Å². The second kappa shape index (κ2) is 13.6. The van der Waals surface area contributed by atoms with E-state index in [4.69, 9.17) is 14.2 Å². The first-order valence-corrected chi connectivity index (χ1v) is 9.89. The van der Waals surface area contributed by atoms with Crippen molar-refractivity contribution in [2.24, 2.45) is 0 Å². The second-order valence-corrected chi connectivity index (χ2v) is 6.45. The molecule has 0 saturated heterocycles. The Morgan fingerprint density at radius 2 is 1.00 bits per heavy atom. The van der Waals surface area contributed by atoms with Crippen LogP contribution in [0.5, 0.6) is 0 Å². The van der Waals surface area contributed by atoms with E-state index in [-0.39, 0.29) is 58.7 Å². The van der Waals surface area contributed by atoms with Crippen molar-refractivity contribution in [3.8, 4) is 0 Å². The van der Waals surface area contributed by atoms with E-state index in [9.17, 15) is 28.8 Å². The van der Waals surface area contributed by atoms with Gasteiger partial charge in [-0.2, -0.15) is 0 Å². The zero-order chi connectivity index (χ0) is 24.1. The molecule has 0 bridgehead atoms. The van der Waals surface area contributed by atoms with E-state index < -0.39 is 35.0 Å². The Bertz CT molecular complexity index is 950. The van der Waals surface area contributed by atoms with Crippen molar-refractivity contribution >= 4 is 17.9 Å². The smallest absolute Gasteiger partial charge is 0.336 e. The fourth-order valence-corrected chi connectivity index (χ4v) is 2.60. The minimum absolute atomic E-state index is 0.00461. The quantitative estimate of drug-likeness (QED) is 0.155. The molecule has 1 heterocycles. The lowest BCUT2D eigenvalue weighted by Gasteiger charge is -2.14. The number of esters is 3. The van der Waals surface area contributed by atoms with Gasteiger partial charge in [0.05, 0.1) is 19.8 Å². The van der Waals surface area contributed by atoms with Crippen LogP contribution in [0.1, 0.15) is 26.2 Å². The van der Waals surface area contributed by atoms with Gasteiger partial charge in [-0.15, -0.1) is 0 Å². The summed E-state index contributed by atoms with van der Waals surface area (Å²) in [6.07, 6.45) is 2.46. The van der Waals surface area contributed by atoms with Crippen molar-refractivity contribution in [1.82, 2.24) is 13.7 Å². The monoisotopic (exact) mass is 453 g/mol. The maximum atomic E-state index is 12.7. The molecular formula is C20H27N3O9. The van der Waals surface area contributed by atoms with Crippen LogP contribution in [0.4, 0.5) is 0 Å². The van der Waals surface area contributed by atoms with E-state index in [1.807, 2.05) is 0 Å². The van der Waals surface area contributed by atoms with Crippen LogP contribution in [0.3, 0.4) is 0 Å². The lowest BCUT2D eigenvalue weighted by molar-refractivity contribution is -0.141. The van der Waals surface area contributed by atoms with Crippen LogP contribution in [0.25, 0.3) is 0 Å². The Labute approximate surface area is 183 Å². The summed E-state index contributed by atoms with van der Waals surface area (Å²) < 4.78 is 17.1. The van der Waals surface area contributed by atoms with E-state index in [0.29, 0.717) is 0 Å². The summed E-state index contributed by atoms with van der Waals surface area (Å²) in [4.78, 5) is 71.3. The highest BCUT2D eigenvalue weighted by Gasteiger charge is 2.15. The minimum Gasteiger partial charge on any atom is -0.466 e. The molecule has 0 radical (unpaired) electrons. The normalized spacial score (nSPS) is 10.3. The van der Waals surface area contributed by atoms with Gasteiger partial charge in [0.1, 0.15) is 0 Å². The molecule has 0 unspecified atom stereocenters. The summed E-state index contributed by atoms with van der Waals surface area (Å²) in [6, 6.07) is 0. The van der Waals surface area contributed by atoms with Crippen LogP contribution in [-0.2, 0) is 48.2 Å². The van der Waals surface area contributed by atoms with Crippen LogP contribution >= 0.6 is 0 Å². The summed E-state index contributed by atoms with van der Waals surface area (Å²) in [5.41, 5.74) is -2.49. The Kier molecular flexibility index (Phi) is 11.2. The molecule has 0 fully saturated rings. The Morgan fingerprint density at radius 3 is 1.28 bits per heavy atom. The molecule has 0 atom stereocenters. The number of carbonyl (C=O) groups is 3. The summed E-state index contributed by atoms with van der Waals surface area (Å²) >= 11 is 0. The number of rotatable bonds is 14. The molecule has 0 amide bonds. The third-order valence-corrected chi connectivity index (χ3v) is 4.09. The average Bonchev–Trinajstić information content (AvgIpc) is 2.76. The number of aromatic nitrogens is 3. The molecule has 0 aliphatic heterocycles. The van der Waals surface area contributed by atoms with Crippen molar-refractivity contribution in [3.63, 3.8) is 0 Å². The molecule has 0 aromatic carbocycles. The molecule has 12 nitrogen and oxygen atoms in total. The van der Waals surface area contributed by atoms with Crippen LogP contribution in [0, 0.1) is 0 Å². The van der Waals surface area contributed by atoms with Crippen molar-refractivity contribution in [2.45, 2.75) is 45.8 Å². The fourth-order valence-electron chi connectivity index (χ4n) is 2.60. The molecule has 1 aromatic heterocycles. The molecule has 32 heavy (non-hydrogen) atoms. The van der Waals surface area contributed by atoms with Crippen molar-refractivity contribution in [2.75, 3.05) is 19.8 Å². The van der Waals surface area contributed by atoms with Crippen LogP contribution in [-0.4, -0.2) is 51.4 Å². The lowest BCUT2D eigenvalue weighted by atomic mass is 10.4. The van der Waals surface area contributed by atoms with Gasteiger partial charge in [-0.25, -0.2) is 37.7 Å². The van der Waals surface area contributed by atoms with Crippen LogP contribution < -0.4 is 17.1 Å². The maximum Gasteiger partial charge on any atom is 0.336 e. The zero-order valence-corrected chi connectivity index (χ0v) is 17.9. The maximum absolute atomic E-state index is 12.7. The van der Waals surface area contributed by atoms with Gasteiger partial charge in [-0.1, -0.05) is 13.2 Å². The van der Waals surface area contributed by atoms with Gasteiger partial charge >= 0.3 is 35.0 Å². The Hall–Kier alpha value is -3.70. The highest BCUT2D eigenvalue weighted by molar-refractivity contribution is 5.81. The molecule has 0 spiro atoms. The number of nitrogens with zero attached hydrogens (tertiary/aromatic N) is 3. The van der Waals surface area contributed by atoms with Gasteiger partial charge in [0.15, 0.2) is 0 Å². The van der Waals surface area contributed by atoms with E-state index in [2.05, 4.69) is 13.2 Å². The number of carbonyl (C=O) groups excluding carboxylic acids is 3. The van der Waals surface area contributed by atoms with Crippen molar-refractivity contribution in [3.05, 3.63) is 56.8 Å². The topological polar surface area (TPSA) is 145 Å². The Morgan fingerprint density at radius 1 is 0.688 bits per heavy atom. The van der Waals surface area contributed by atoms with Crippen molar-refractivity contribution in [1.29, 1.82) is 0 Å². The third kappa shape index (κ3) is 8.20. The molecule has 0 N–H and O–H groups in total. The summed E-state index contributed by atoms with van der Waals surface area (Å²) in [5, 5.41) is 0. The number of hydrogen-bond donors (Lipinski definition) is 0. The first-order valence-electron chi connectivity index (χ1n) is 9.89. The minimum atomic E-state index is -0.832. The number of hydrogen-bond acceptors (Lipinski definition) is 9. The van der Waals surface area contributed by atoms with Gasteiger partial charge in [-0.05, 0) is 19.3 Å². The highest BCUT2D eigenvalue weighted by atomic mass is 16.5. The second-order valence-electron chi connectivity index (χ2n) is 6.45. The average molecular weight is 453 g/mol. The molecule has 0 aliphatic carbocycles. The van der Waals surface area contributed by atoms with E-state index in [1.54, 1.807) is 0 Å². The Balaban J connectivity index is 3.09. The first kappa shape index (κ1) is 26.3. The van der Waals surface area contributed by atoms with Gasteiger partial charge < -0.3 is 14.2 Å². The molecule has 0 aliphatic rings. The summed E-state index contributed by atoms with van der Waals surface area (Å²) in [7, 11) is 0. The number of ether oxygens (including phenoxy) is 3. The molecular weight excluding hydrogens is 426 g/mol. The third-order valence-electron chi connectivity index (χ3n) is 4.09. The predicted molar refractivity (Wildman–Crippen MR) is 112 cm³/mol. The van der Waals surface area contributed by atoms with Gasteiger partial charge in [0.2, 0.25) is 0 Å². The fraction of sp³-hybridized carbons (Fsp3) is 0.500. The molecule has 1 aromatic rings. The SMILES string of the molecule is C=CC(=O)OCCCn1c(=O)n(CCCOC(C)=O)c(=O)n(CCCOC(=O)C=C)c1=O. The van der Waals surface area contributed by atoms with Crippen LogP contribution in [0.15, 0.2) is 39.7 Å². The van der Waals surface area contributed by atoms with Crippen LogP contribution in [0.2, 0.25) is 0 Å². The standard InChI is InChI=1S/C20H27N3O9/c1-4-16(25)31-13-7-10-22-18(27)21(9-6-12-30-15(3)24)19(28)23(20(22)29)11-8-14-32-17(26)5-2/h4-5H,1-2,6-14H2,3H3. The lowest BCUT2D eigenvalue weighted by Crippen LogP contribution is -2.54. The summed E-state index contributed by atoms with van der Waals surface area (Å²) in [5.74, 6) is -1.78. The molecule has 12 heteroatoms. The van der Waals surface area contributed by atoms with Gasteiger partial charge in [0.25, 0.3) is 0 Å². The summed E-state index contributed by atoms with van der Waals surface area (Å²) in [6.45, 7) is 7.37. The molecule has 1 rings (SSSR count). The van der Waals surface area contributed by atoms with E-state index in [1.165, 1.54) is 6.92 Å². The zero-order valence-electron chi connectivity index (χ0n) is 17.9. The van der Waals surface area contributed by atoms with Gasteiger partial charge in [0, 0.05) is 38.7 Å². The highest BCUT2D eigenvalue weighted by Crippen LogP contribution is 1.92. The largest absolute Gasteiger partial charge is 0.466 e.